The highest BCUT2D eigenvalue weighted by molar-refractivity contribution is 5.70. The van der Waals surface area contributed by atoms with Gasteiger partial charge >= 0.3 is 6.18 Å². The Balaban J connectivity index is 0.000000592. The van der Waals surface area contributed by atoms with Gasteiger partial charge in [0, 0.05) is 13.1 Å². The molecule has 172 valence electrons. The predicted molar refractivity (Wildman–Crippen MR) is 108 cm³/mol. The molecule has 3 N–H and O–H groups in total. The average Bonchev–Trinajstić information content (AvgIpc) is 2.74. The van der Waals surface area contributed by atoms with Gasteiger partial charge in [0.1, 0.15) is 17.5 Å². The van der Waals surface area contributed by atoms with E-state index in [4.69, 9.17) is 19.4 Å². The van der Waals surface area contributed by atoms with E-state index in [1.807, 2.05) is 24.3 Å². The van der Waals surface area contributed by atoms with Gasteiger partial charge in [0.15, 0.2) is 0 Å². The number of benzene rings is 2. The molecule has 0 atom stereocenters. The SMILES string of the molecule is COc1ccc(CN(CCCC[NH3+])Cc2ccc(OC)cc2)cc1.O=C([O-])C(F)(F)F. The van der Waals surface area contributed by atoms with Crippen molar-refractivity contribution in [2.75, 3.05) is 27.3 Å². The van der Waals surface area contributed by atoms with Crippen molar-refractivity contribution in [1.29, 1.82) is 0 Å². The number of carboxylic acid groups (broad SMARTS) is 1. The molecule has 0 spiro atoms. The summed E-state index contributed by atoms with van der Waals surface area (Å²) in [5.74, 6) is -1.21. The lowest BCUT2D eigenvalue weighted by Crippen LogP contribution is -2.50. The number of carboxylic acids is 1. The van der Waals surface area contributed by atoms with Gasteiger partial charge < -0.3 is 25.1 Å². The molecule has 2 rings (SSSR count). The summed E-state index contributed by atoms with van der Waals surface area (Å²) in [6.07, 6.45) is -2.85. The van der Waals surface area contributed by atoms with Crippen molar-refractivity contribution in [2.24, 2.45) is 0 Å². The zero-order valence-corrected chi connectivity index (χ0v) is 17.8. The number of hydrogen-bond acceptors (Lipinski definition) is 5. The molecule has 0 aliphatic carbocycles. The highest BCUT2D eigenvalue weighted by Gasteiger charge is 2.28. The van der Waals surface area contributed by atoms with Crippen LogP contribution in [0.15, 0.2) is 48.5 Å². The Kier molecular flexibility index (Phi) is 11.4. The van der Waals surface area contributed by atoms with Gasteiger partial charge in [-0.1, -0.05) is 24.3 Å². The third-order valence-corrected chi connectivity index (χ3v) is 4.34. The fraction of sp³-hybridized carbons (Fsp3) is 0.409. The van der Waals surface area contributed by atoms with E-state index in [1.54, 1.807) is 14.2 Å². The summed E-state index contributed by atoms with van der Waals surface area (Å²) in [5, 5.41) is 8.78. The number of alkyl halides is 3. The highest BCUT2D eigenvalue weighted by atomic mass is 19.4. The molecule has 0 aromatic heterocycles. The zero-order valence-electron chi connectivity index (χ0n) is 17.8. The minimum Gasteiger partial charge on any atom is -0.542 e. The van der Waals surface area contributed by atoms with Crippen molar-refractivity contribution < 1.29 is 38.3 Å². The lowest BCUT2D eigenvalue weighted by atomic mass is 10.1. The maximum atomic E-state index is 10.5. The number of hydrogen-bond donors (Lipinski definition) is 1. The molecule has 2 aromatic rings. The van der Waals surface area contributed by atoms with Gasteiger partial charge in [-0.15, -0.1) is 0 Å². The van der Waals surface area contributed by atoms with Crippen LogP contribution in [0.1, 0.15) is 24.0 Å². The van der Waals surface area contributed by atoms with Crippen molar-refractivity contribution in [2.45, 2.75) is 32.1 Å². The van der Waals surface area contributed by atoms with E-state index in [0.717, 1.165) is 37.7 Å². The first-order valence-corrected chi connectivity index (χ1v) is 9.75. The second-order valence-electron chi connectivity index (χ2n) is 6.75. The summed E-state index contributed by atoms with van der Waals surface area (Å²) in [6, 6.07) is 16.7. The number of methoxy groups -OCH3 is 2. The van der Waals surface area contributed by atoms with Gasteiger partial charge in [0.05, 0.1) is 20.8 Å². The number of halogens is 3. The first kappa shape index (κ1) is 26.3. The molecule has 0 saturated heterocycles. The lowest BCUT2D eigenvalue weighted by Gasteiger charge is -2.22. The van der Waals surface area contributed by atoms with Gasteiger partial charge in [0.2, 0.25) is 0 Å². The van der Waals surface area contributed by atoms with Gasteiger partial charge in [-0.25, -0.2) is 0 Å². The molecular formula is C22H29F3N2O4. The monoisotopic (exact) mass is 442 g/mol. The van der Waals surface area contributed by atoms with Crippen LogP contribution >= 0.6 is 0 Å². The van der Waals surface area contributed by atoms with Crippen molar-refractivity contribution in [3.8, 4) is 11.5 Å². The van der Waals surface area contributed by atoms with E-state index in [9.17, 15) is 13.2 Å². The third-order valence-electron chi connectivity index (χ3n) is 4.34. The molecule has 0 radical (unpaired) electrons. The van der Waals surface area contributed by atoms with Crippen LogP contribution in [0.2, 0.25) is 0 Å². The number of rotatable bonds is 10. The predicted octanol–water partition coefficient (Wildman–Crippen LogP) is 2.03. The molecule has 0 fully saturated rings. The Morgan fingerprint density at radius 2 is 1.29 bits per heavy atom. The fourth-order valence-corrected chi connectivity index (χ4v) is 2.70. The van der Waals surface area contributed by atoms with Crippen LogP contribution in [0.25, 0.3) is 0 Å². The number of quaternary nitrogens is 1. The van der Waals surface area contributed by atoms with Gasteiger partial charge in [-0.05, 0) is 54.8 Å². The van der Waals surface area contributed by atoms with Crippen LogP contribution in [0.5, 0.6) is 11.5 Å². The topological polar surface area (TPSA) is 89.5 Å². The normalized spacial score (nSPS) is 10.9. The number of nitrogens with zero attached hydrogens (tertiary/aromatic N) is 1. The van der Waals surface area contributed by atoms with Crippen LogP contribution < -0.4 is 20.3 Å². The zero-order chi connectivity index (χ0) is 23.3. The van der Waals surface area contributed by atoms with Gasteiger partial charge in [0.25, 0.3) is 0 Å². The summed E-state index contributed by atoms with van der Waals surface area (Å²) in [5.41, 5.74) is 6.55. The van der Waals surface area contributed by atoms with Gasteiger partial charge in [-0.2, -0.15) is 13.2 Å². The second-order valence-corrected chi connectivity index (χ2v) is 6.75. The first-order chi connectivity index (χ1) is 14.7. The molecular weight excluding hydrogens is 413 g/mol. The van der Waals surface area contributed by atoms with Crippen LogP contribution in [-0.4, -0.2) is 44.4 Å². The number of carbonyl (C=O) groups excluding carboxylic acids is 1. The highest BCUT2D eigenvalue weighted by Crippen LogP contribution is 2.17. The summed E-state index contributed by atoms with van der Waals surface area (Å²) in [7, 11) is 3.40. The smallest absolute Gasteiger partial charge is 0.430 e. The molecule has 0 aliphatic heterocycles. The summed E-state index contributed by atoms with van der Waals surface area (Å²) in [4.78, 5) is 11.3. The number of unbranched alkanes of at least 4 members (excludes halogenated alkanes) is 1. The van der Waals surface area contributed by atoms with Crippen LogP contribution in [-0.2, 0) is 17.9 Å². The average molecular weight is 442 g/mol. The maximum Gasteiger partial charge on any atom is 0.430 e. The summed E-state index contributed by atoms with van der Waals surface area (Å²) in [6.45, 7) is 3.95. The molecule has 0 bridgehead atoms. The molecule has 0 saturated carbocycles. The quantitative estimate of drug-likeness (QED) is 0.569. The second kappa shape index (κ2) is 13.5. The maximum absolute atomic E-state index is 10.5. The standard InChI is InChI=1S/C20H28N2O2.C2HF3O2/c1-23-19-9-5-17(6-10-19)15-22(14-4-3-13-21)16-18-7-11-20(24-2)12-8-18;3-2(4,5)1(6)7/h5-12H,3-4,13-16,21H2,1-2H3;(H,6,7). The Bertz CT molecular complexity index is 716. The number of aliphatic carboxylic acids is 1. The Hall–Kier alpha value is -2.78. The van der Waals surface area contributed by atoms with Gasteiger partial charge in [-0.3, -0.25) is 4.90 Å². The van der Waals surface area contributed by atoms with E-state index < -0.39 is 12.1 Å². The van der Waals surface area contributed by atoms with Crippen molar-refractivity contribution >= 4 is 5.97 Å². The molecule has 0 amide bonds. The molecule has 6 nitrogen and oxygen atoms in total. The number of ether oxygens (including phenoxy) is 2. The van der Waals surface area contributed by atoms with E-state index >= 15 is 0 Å². The summed E-state index contributed by atoms with van der Waals surface area (Å²) >= 11 is 0. The van der Waals surface area contributed by atoms with E-state index in [1.165, 1.54) is 24.0 Å². The molecule has 0 heterocycles. The van der Waals surface area contributed by atoms with E-state index in [0.29, 0.717) is 0 Å². The van der Waals surface area contributed by atoms with E-state index in [2.05, 4.69) is 34.9 Å². The molecule has 0 aliphatic rings. The minimum atomic E-state index is -5.19. The molecule has 9 heteroatoms. The lowest BCUT2D eigenvalue weighted by molar-refractivity contribution is -0.368. The Morgan fingerprint density at radius 1 is 0.903 bits per heavy atom. The van der Waals surface area contributed by atoms with Crippen LogP contribution in [0, 0.1) is 0 Å². The fourth-order valence-electron chi connectivity index (χ4n) is 2.70. The molecule has 2 aromatic carbocycles. The molecule has 0 unspecified atom stereocenters. The van der Waals surface area contributed by atoms with Crippen LogP contribution in [0.4, 0.5) is 13.2 Å². The largest absolute Gasteiger partial charge is 0.542 e. The van der Waals surface area contributed by atoms with Crippen LogP contribution in [0.3, 0.4) is 0 Å². The first-order valence-electron chi connectivity index (χ1n) is 9.75. The van der Waals surface area contributed by atoms with E-state index in [-0.39, 0.29) is 0 Å². The number of carbonyl (C=O) groups is 1. The van der Waals surface area contributed by atoms with Crippen molar-refractivity contribution in [3.05, 3.63) is 59.7 Å². The van der Waals surface area contributed by atoms with Crippen molar-refractivity contribution in [1.82, 2.24) is 4.90 Å². The molecule has 31 heavy (non-hydrogen) atoms. The Morgan fingerprint density at radius 3 is 1.58 bits per heavy atom. The Labute approximate surface area is 180 Å². The third kappa shape index (κ3) is 10.7. The minimum absolute atomic E-state index is 0.900. The summed E-state index contributed by atoms with van der Waals surface area (Å²) < 4.78 is 42.0. The van der Waals surface area contributed by atoms with Crippen molar-refractivity contribution in [3.63, 3.8) is 0 Å².